The Morgan fingerprint density at radius 1 is 1.25 bits per heavy atom. The van der Waals surface area contributed by atoms with Crippen LogP contribution in [0.3, 0.4) is 0 Å². The van der Waals surface area contributed by atoms with E-state index in [0.717, 1.165) is 18.4 Å². The number of hydrogen-bond acceptors (Lipinski definition) is 5. The van der Waals surface area contributed by atoms with Crippen molar-refractivity contribution in [3.8, 4) is 17.3 Å². The summed E-state index contributed by atoms with van der Waals surface area (Å²) in [7, 11) is 0. The topological polar surface area (TPSA) is 84.0 Å². The zero-order valence-electron chi connectivity index (χ0n) is 14.8. The lowest BCUT2D eigenvalue weighted by atomic mass is 10.1. The molecule has 7 nitrogen and oxygen atoms in total. The van der Waals surface area contributed by atoms with Crippen LogP contribution < -0.4 is 4.74 Å². The minimum absolute atomic E-state index is 0.161. The van der Waals surface area contributed by atoms with Crippen LogP contribution in [-0.4, -0.2) is 50.2 Å². The van der Waals surface area contributed by atoms with Gasteiger partial charge in [0.05, 0.1) is 29.7 Å². The summed E-state index contributed by atoms with van der Waals surface area (Å²) in [6.45, 7) is 1.06. The van der Waals surface area contributed by atoms with Gasteiger partial charge in [-0.1, -0.05) is 11.6 Å². The highest BCUT2D eigenvalue weighted by atomic mass is 35.5. The number of hydrogen-bond donors (Lipinski definition) is 1. The Hall–Kier alpha value is -3.00. The molecule has 0 spiro atoms. The number of nitrogens with zero attached hydrogens (tertiary/aromatic N) is 4. The van der Waals surface area contributed by atoms with Crippen molar-refractivity contribution in [2.45, 2.75) is 18.9 Å². The number of amides is 1. The second-order valence-corrected chi connectivity index (χ2v) is 6.93. The molecule has 1 aliphatic heterocycles. The molecule has 3 heterocycles. The fourth-order valence-corrected chi connectivity index (χ4v) is 3.20. The first-order chi connectivity index (χ1) is 13.6. The van der Waals surface area contributed by atoms with E-state index in [0.29, 0.717) is 29.5 Å². The van der Waals surface area contributed by atoms with E-state index < -0.39 is 0 Å². The Kier molecular flexibility index (Phi) is 5.21. The van der Waals surface area contributed by atoms with Crippen LogP contribution in [-0.2, 0) is 0 Å². The molecular formula is C19H17ClFN5O2. The number of likely N-dealkylation sites (tertiary alicyclic amines) is 1. The smallest absolute Gasteiger partial charge is 0.316 e. The summed E-state index contributed by atoms with van der Waals surface area (Å²) < 4.78 is 18.9. The summed E-state index contributed by atoms with van der Waals surface area (Å²) in [4.78, 5) is 22.6. The maximum Gasteiger partial charge on any atom is 0.316 e. The Morgan fingerprint density at radius 2 is 2.00 bits per heavy atom. The molecule has 0 saturated carbocycles. The summed E-state index contributed by atoms with van der Waals surface area (Å²) in [5.41, 5.74) is 1.70. The SMILES string of the molecule is O=C(c1cc(-c2ccc(F)cc2)n[nH]1)N1CCC[C@H](Oc2ncc(Cl)cn2)C1. The number of carbonyl (C=O) groups is 1. The third kappa shape index (κ3) is 4.12. The lowest BCUT2D eigenvalue weighted by molar-refractivity contribution is 0.0510. The van der Waals surface area contributed by atoms with Gasteiger partial charge in [-0.3, -0.25) is 9.89 Å². The largest absolute Gasteiger partial charge is 0.458 e. The molecule has 1 N–H and O–H groups in total. The van der Waals surface area contributed by atoms with Crippen molar-refractivity contribution >= 4 is 17.5 Å². The zero-order valence-corrected chi connectivity index (χ0v) is 15.6. The Morgan fingerprint density at radius 3 is 2.75 bits per heavy atom. The molecule has 1 amide bonds. The fourth-order valence-electron chi connectivity index (χ4n) is 3.10. The minimum atomic E-state index is -0.320. The van der Waals surface area contributed by atoms with E-state index in [1.54, 1.807) is 23.1 Å². The van der Waals surface area contributed by atoms with E-state index in [4.69, 9.17) is 16.3 Å². The van der Waals surface area contributed by atoms with Gasteiger partial charge in [-0.15, -0.1) is 0 Å². The van der Waals surface area contributed by atoms with Gasteiger partial charge in [0.1, 0.15) is 17.6 Å². The highest BCUT2D eigenvalue weighted by molar-refractivity contribution is 6.30. The predicted molar refractivity (Wildman–Crippen MR) is 101 cm³/mol. The molecule has 1 aromatic carbocycles. The first-order valence-electron chi connectivity index (χ1n) is 8.83. The molecule has 28 heavy (non-hydrogen) atoms. The van der Waals surface area contributed by atoms with E-state index in [1.165, 1.54) is 24.5 Å². The molecule has 0 bridgehead atoms. The molecule has 3 aromatic rings. The molecule has 1 saturated heterocycles. The number of ether oxygens (including phenoxy) is 1. The van der Waals surface area contributed by atoms with E-state index in [1.807, 2.05) is 0 Å². The highest BCUT2D eigenvalue weighted by Gasteiger charge is 2.27. The molecule has 0 unspecified atom stereocenters. The van der Waals surface area contributed by atoms with Crippen molar-refractivity contribution in [3.63, 3.8) is 0 Å². The van der Waals surface area contributed by atoms with Gasteiger partial charge in [-0.05, 0) is 43.2 Å². The molecule has 1 fully saturated rings. The summed E-state index contributed by atoms with van der Waals surface area (Å²) in [5.74, 6) is -0.481. The summed E-state index contributed by atoms with van der Waals surface area (Å²) >= 11 is 5.78. The predicted octanol–water partition coefficient (Wildman–Crippen LogP) is 3.34. The third-order valence-electron chi connectivity index (χ3n) is 4.48. The van der Waals surface area contributed by atoms with Crippen LogP contribution in [0.2, 0.25) is 5.02 Å². The first-order valence-corrected chi connectivity index (χ1v) is 9.21. The Bertz CT molecular complexity index is 961. The molecule has 0 aliphatic carbocycles. The van der Waals surface area contributed by atoms with Crippen LogP contribution in [0.5, 0.6) is 6.01 Å². The molecule has 4 rings (SSSR count). The summed E-state index contributed by atoms with van der Waals surface area (Å²) in [5, 5.41) is 7.37. The normalized spacial score (nSPS) is 16.8. The number of aromatic nitrogens is 4. The van der Waals surface area contributed by atoms with Crippen LogP contribution in [0.1, 0.15) is 23.3 Å². The molecular weight excluding hydrogens is 385 g/mol. The summed E-state index contributed by atoms with van der Waals surface area (Å²) in [6.07, 6.45) is 4.36. The number of nitrogens with one attached hydrogen (secondary N) is 1. The van der Waals surface area contributed by atoms with Gasteiger partial charge in [0, 0.05) is 12.1 Å². The average Bonchev–Trinajstić information content (AvgIpc) is 3.20. The highest BCUT2D eigenvalue weighted by Crippen LogP contribution is 2.21. The lowest BCUT2D eigenvalue weighted by Crippen LogP contribution is -2.44. The number of H-pyrrole nitrogens is 1. The van der Waals surface area contributed by atoms with Gasteiger partial charge in [-0.2, -0.15) is 5.10 Å². The molecule has 144 valence electrons. The van der Waals surface area contributed by atoms with Gasteiger partial charge in [0.2, 0.25) is 0 Å². The van der Waals surface area contributed by atoms with E-state index in [2.05, 4.69) is 20.2 Å². The van der Waals surface area contributed by atoms with Gasteiger partial charge in [-0.25, -0.2) is 14.4 Å². The van der Waals surface area contributed by atoms with E-state index in [9.17, 15) is 9.18 Å². The van der Waals surface area contributed by atoms with Crippen molar-refractivity contribution in [3.05, 3.63) is 59.3 Å². The number of piperidine rings is 1. The zero-order chi connectivity index (χ0) is 19.5. The average molecular weight is 402 g/mol. The second kappa shape index (κ2) is 7.93. The number of carbonyl (C=O) groups excluding carboxylic acids is 1. The summed E-state index contributed by atoms with van der Waals surface area (Å²) in [6, 6.07) is 7.87. The monoisotopic (exact) mass is 401 g/mol. The van der Waals surface area contributed by atoms with Gasteiger partial charge in [0.15, 0.2) is 0 Å². The quantitative estimate of drug-likeness (QED) is 0.724. The van der Waals surface area contributed by atoms with Crippen molar-refractivity contribution in [2.24, 2.45) is 0 Å². The van der Waals surface area contributed by atoms with Crippen molar-refractivity contribution in [1.29, 1.82) is 0 Å². The van der Waals surface area contributed by atoms with Gasteiger partial charge < -0.3 is 9.64 Å². The maximum atomic E-state index is 13.1. The van der Waals surface area contributed by atoms with Crippen molar-refractivity contribution in [2.75, 3.05) is 13.1 Å². The standard InChI is InChI=1S/C19H17ClFN5O2/c20-13-9-22-19(23-10-13)28-15-2-1-7-26(11-15)18(27)17-8-16(24-25-17)12-3-5-14(21)6-4-12/h3-6,8-10,15H,1-2,7,11H2,(H,24,25)/t15-/m0/s1. The molecule has 1 atom stereocenters. The van der Waals surface area contributed by atoms with Crippen LogP contribution >= 0.6 is 11.6 Å². The fraction of sp³-hybridized carbons (Fsp3) is 0.263. The number of aromatic amines is 1. The van der Waals surface area contributed by atoms with Crippen molar-refractivity contribution in [1.82, 2.24) is 25.1 Å². The first kappa shape index (κ1) is 18.4. The lowest BCUT2D eigenvalue weighted by Gasteiger charge is -2.32. The molecule has 1 aliphatic rings. The van der Waals surface area contributed by atoms with E-state index in [-0.39, 0.29) is 23.8 Å². The third-order valence-corrected chi connectivity index (χ3v) is 4.68. The van der Waals surface area contributed by atoms with Gasteiger partial charge >= 0.3 is 6.01 Å². The Labute approximate surface area is 165 Å². The van der Waals surface area contributed by atoms with Crippen LogP contribution in [0.4, 0.5) is 4.39 Å². The van der Waals surface area contributed by atoms with E-state index >= 15 is 0 Å². The van der Waals surface area contributed by atoms with Gasteiger partial charge in [0.25, 0.3) is 5.91 Å². The Balaban J connectivity index is 1.43. The van der Waals surface area contributed by atoms with Crippen LogP contribution in [0.25, 0.3) is 11.3 Å². The van der Waals surface area contributed by atoms with Crippen LogP contribution in [0.15, 0.2) is 42.7 Å². The second-order valence-electron chi connectivity index (χ2n) is 6.49. The molecule has 2 aromatic heterocycles. The van der Waals surface area contributed by atoms with Crippen molar-refractivity contribution < 1.29 is 13.9 Å². The molecule has 0 radical (unpaired) electrons. The maximum absolute atomic E-state index is 13.1. The number of rotatable bonds is 4. The number of benzene rings is 1. The minimum Gasteiger partial charge on any atom is -0.458 e. The number of halogens is 2. The molecule has 9 heteroatoms. The van der Waals surface area contributed by atoms with Crippen LogP contribution in [0, 0.1) is 5.82 Å².